The minimum atomic E-state index is -0.101. The molecule has 2 rings (SSSR count). The molecular formula is C15H23NO. The number of β-amino-alcohol motifs (C(OH)–C–C–N with tert-alkyl or cyclic N) is 1. The van der Waals surface area contributed by atoms with E-state index in [-0.39, 0.29) is 6.10 Å². The molecule has 1 heterocycles. The molecule has 1 aromatic carbocycles. The van der Waals surface area contributed by atoms with Crippen LogP contribution in [0.2, 0.25) is 0 Å². The Labute approximate surface area is 104 Å². The molecule has 0 aliphatic carbocycles. The minimum Gasteiger partial charge on any atom is -0.392 e. The maximum absolute atomic E-state index is 9.62. The summed E-state index contributed by atoms with van der Waals surface area (Å²) in [4.78, 5) is 2.40. The molecule has 2 atom stereocenters. The van der Waals surface area contributed by atoms with Crippen molar-refractivity contribution in [1.82, 2.24) is 4.90 Å². The molecule has 0 amide bonds. The van der Waals surface area contributed by atoms with Crippen molar-refractivity contribution >= 4 is 0 Å². The lowest BCUT2D eigenvalue weighted by Crippen LogP contribution is -2.39. The number of likely N-dealkylation sites (tertiary alicyclic amines) is 1. The molecule has 2 heteroatoms. The summed E-state index contributed by atoms with van der Waals surface area (Å²) in [5.41, 5.74) is 1.42. The molecule has 2 unspecified atom stereocenters. The molecule has 1 saturated heterocycles. The Kier molecular flexibility index (Phi) is 4.57. The number of hydrogen-bond acceptors (Lipinski definition) is 2. The number of benzene rings is 1. The molecule has 17 heavy (non-hydrogen) atoms. The number of aliphatic hydroxyl groups excluding tert-OH is 1. The Morgan fingerprint density at radius 1 is 1.35 bits per heavy atom. The molecule has 2 nitrogen and oxygen atoms in total. The van der Waals surface area contributed by atoms with Crippen LogP contribution < -0.4 is 0 Å². The Balaban J connectivity index is 1.78. The van der Waals surface area contributed by atoms with Crippen LogP contribution in [0.5, 0.6) is 0 Å². The van der Waals surface area contributed by atoms with E-state index in [1.54, 1.807) is 0 Å². The van der Waals surface area contributed by atoms with Crippen LogP contribution in [-0.2, 0) is 0 Å². The highest BCUT2D eigenvalue weighted by Gasteiger charge is 2.17. The number of hydrogen-bond donors (Lipinski definition) is 1. The predicted octanol–water partition coefficient (Wildman–Crippen LogP) is 2.64. The maximum Gasteiger partial charge on any atom is 0.0667 e. The summed E-state index contributed by atoms with van der Waals surface area (Å²) in [5, 5.41) is 9.62. The summed E-state index contributed by atoms with van der Waals surface area (Å²) in [6.45, 7) is 5.41. The van der Waals surface area contributed by atoms with Gasteiger partial charge in [-0.15, -0.1) is 0 Å². The maximum atomic E-state index is 9.62. The van der Waals surface area contributed by atoms with Gasteiger partial charge in [-0.05, 0) is 43.8 Å². The van der Waals surface area contributed by atoms with Gasteiger partial charge >= 0.3 is 0 Å². The SMILES string of the molecule is CC(CCN1CCCC(O)C1)c1ccccc1. The molecule has 0 saturated carbocycles. The summed E-state index contributed by atoms with van der Waals surface area (Å²) in [5.74, 6) is 0.607. The first kappa shape index (κ1) is 12.6. The lowest BCUT2D eigenvalue weighted by Gasteiger charge is -2.30. The average Bonchev–Trinajstić information content (AvgIpc) is 2.37. The number of rotatable bonds is 4. The van der Waals surface area contributed by atoms with E-state index < -0.39 is 0 Å². The zero-order chi connectivity index (χ0) is 12.1. The van der Waals surface area contributed by atoms with Gasteiger partial charge in [0.1, 0.15) is 0 Å². The van der Waals surface area contributed by atoms with Crippen molar-refractivity contribution in [2.24, 2.45) is 0 Å². The molecule has 1 aromatic rings. The van der Waals surface area contributed by atoms with Gasteiger partial charge in [-0.2, -0.15) is 0 Å². The quantitative estimate of drug-likeness (QED) is 0.864. The van der Waals surface area contributed by atoms with Gasteiger partial charge < -0.3 is 10.0 Å². The summed E-state index contributed by atoms with van der Waals surface area (Å²) >= 11 is 0. The van der Waals surface area contributed by atoms with Crippen molar-refractivity contribution in [2.45, 2.75) is 38.2 Å². The van der Waals surface area contributed by atoms with Gasteiger partial charge in [0.05, 0.1) is 6.10 Å². The largest absolute Gasteiger partial charge is 0.392 e. The molecule has 0 spiro atoms. The van der Waals surface area contributed by atoms with Crippen molar-refractivity contribution < 1.29 is 5.11 Å². The van der Waals surface area contributed by atoms with Crippen molar-refractivity contribution in [3.63, 3.8) is 0 Å². The van der Waals surface area contributed by atoms with E-state index >= 15 is 0 Å². The van der Waals surface area contributed by atoms with Gasteiger partial charge in [-0.3, -0.25) is 0 Å². The fourth-order valence-electron chi connectivity index (χ4n) is 2.56. The highest BCUT2D eigenvalue weighted by Crippen LogP contribution is 2.20. The van der Waals surface area contributed by atoms with Crippen LogP contribution in [0.15, 0.2) is 30.3 Å². The van der Waals surface area contributed by atoms with Gasteiger partial charge in [0.2, 0.25) is 0 Å². The van der Waals surface area contributed by atoms with Crippen molar-refractivity contribution in [2.75, 3.05) is 19.6 Å². The Bertz CT molecular complexity index is 325. The van der Waals surface area contributed by atoms with E-state index in [1.165, 1.54) is 12.0 Å². The van der Waals surface area contributed by atoms with E-state index in [2.05, 4.69) is 42.2 Å². The highest BCUT2D eigenvalue weighted by molar-refractivity contribution is 5.18. The number of aliphatic hydroxyl groups is 1. The smallest absolute Gasteiger partial charge is 0.0667 e. The Hall–Kier alpha value is -0.860. The topological polar surface area (TPSA) is 23.5 Å². The average molecular weight is 233 g/mol. The Morgan fingerprint density at radius 2 is 2.12 bits per heavy atom. The van der Waals surface area contributed by atoms with Gasteiger partial charge in [-0.25, -0.2) is 0 Å². The third-order valence-electron chi connectivity index (χ3n) is 3.73. The summed E-state index contributed by atoms with van der Waals surface area (Å²) in [7, 11) is 0. The lowest BCUT2D eigenvalue weighted by molar-refractivity contribution is 0.0693. The highest BCUT2D eigenvalue weighted by atomic mass is 16.3. The first-order chi connectivity index (χ1) is 8.25. The lowest BCUT2D eigenvalue weighted by atomic mass is 9.97. The molecule has 1 fully saturated rings. The second-order valence-electron chi connectivity index (χ2n) is 5.20. The third kappa shape index (κ3) is 3.83. The van der Waals surface area contributed by atoms with Gasteiger partial charge in [0.25, 0.3) is 0 Å². The molecule has 0 radical (unpaired) electrons. The fourth-order valence-corrected chi connectivity index (χ4v) is 2.56. The molecule has 1 N–H and O–H groups in total. The van der Waals surface area contributed by atoms with Crippen molar-refractivity contribution in [1.29, 1.82) is 0 Å². The monoisotopic (exact) mass is 233 g/mol. The standard InChI is InChI=1S/C15H23NO/c1-13(14-6-3-2-4-7-14)9-11-16-10-5-8-15(17)12-16/h2-4,6-7,13,15,17H,5,8-12H2,1H3. The molecule has 1 aliphatic heterocycles. The third-order valence-corrected chi connectivity index (χ3v) is 3.73. The van der Waals surface area contributed by atoms with E-state index in [1.807, 2.05) is 0 Å². The summed E-state index contributed by atoms with van der Waals surface area (Å²) in [6, 6.07) is 10.7. The Morgan fingerprint density at radius 3 is 2.82 bits per heavy atom. The van der Waals surface area contributed by atoms with Crippen LogP contribution in [0.4, 0.5) is 0 Å². The van der Waals surface area contributed by atoms with E-state index in [4.69, 9.17) is 0 Å². The van der Waals surface area contributed by atoms with Crippen LogP contribution in [0.25, 0.3) is 0 Å². The van der Waals surface area contributed by atoms with Crippen LogP contribution in [0.1, 0.15) is 37.7 Å². The molecule has 94 valence electrons. The van der Waals surface area contributed by atoms with Crippen molar-refractivity contribution in [3.05, 3.63) is 35.9 Å². The second kappa shape index (κ2) is 6.18. The van der Waals surface area contributed by atoms with Gasteiger partial charge in [0, 0.05) is 6.54 Å². The predicted molar refractivity (Wildman–Crippen MR) is 71.2 cm³/mol. The fraction of sp³-hybridized carbons (Fsp3) is 0.600. The molecule has 0 bridgehead atoms. The zero-order valence-corrected chi connectivity index (χ0v) is 10.7. The minimum absolute atomic E-state index is 0.101. The molecular weight excluding hydrogens is 210 g/mol. The molecule has 1 aliphatic rings. The number of nitrogens with zero attached hydrogens (tertiary/aromatic N) is 1. The summed E-state index contributed by atoms with van der Waals surface area (Å²) < 4.78 is 0. The van der Waals surface area contributed by atoms with Gasteiger partial charge in [0.15, 0.2) is 0 Å². The van der Waals surface area contributed by atoms with E-state index in [0.717, 1.165) is 32.5 Å². The van der Waals surface area contributed by atoms with Crippen LogP contribution in [0.3, 0.4) is 0 Å². The van der Waals surface area contributed by atoms with Crippen LogP contribution in [0, 0.1) is 0 Å². The second-order valence-corrected chi connectivity index (χ2v) is 5.20. The van der Waals surface area contributed by atoms with Crippen molar-refractivity contribution in [3.8, 4) is 0 Å². The first-order valence-electron chi connectivity index (χ1n) is 6.71. The summed E-state index contributed by atoms with van der Waals surface area (Å²) in [6.07, 6.45) is 3.19. The van der Waals surface area contributed by atoms with Gasteiger partial charge in [-0.1, -0.05) is 37.3 Å². The number of piperidine rings is 1. The van der Waals surface area contributed by atoms with E-state index in [9.17, 15) is 5.11 Å². The molecule has 0 aromatic heterocycles. The van der Waals surface area contributed by atoms with E-state index in [0.29, 0.717) is 5.92 Å². The zero-order valence-electron chi connectivity index (χ0n) is 10.7. The normalized spacial score (nSPS) is 23.5. The van der Waals surface area contributed by atoms with Crippen LogP contribution in [-0.4, -0.2) is 35.7 Å². The van der Waals surface area contributed by atoms with Crippen LogP contribution >= 0.6 is 0 Å². The first-order valence-corrected chi connectivity index (χ1v) is 6.71.